The third-order valence-corrected chi connectivity index (χ3v) is 3.64. The first-order valence-electron chi connectivity index (χ1n) is 4.93. The van der Waals surface area contributed by atoms with Gasteiger partial charge in [0.15, 0.2) is 0 Å². The van der Waals surface area contributed by atoms with Crippen molar-refractivity contribution in [1.29, 1.82) is 0 Å². The van der Waals surface area contributed by atoms with Gasteiger partial charge >= 0.3 is 0 Å². The minimum atomic E-state index is 0.491. The quantitative estimate of drug-likeness (QED) is 0.533. The number of rotatable bonds is 0. The maximum absolute atomic E-state index is 2.54. The minimum Gasteiger partial charge on any atom is -0.301 e. The lowest BCUT2D eigenvalue weighted by Crippen LogP contribution is -2.40. The first-order valence-corrected chi connectivity index (χ1v) is 4.93. The van der Waals surface area contributed by atoms with Crippen molar-refractivity contribution in [3.63, 3.8) is 0 Å². The van der Waals surface area contributed by atoms with Gasteiger partial charge in [0.1, 0.15) is 0 Å². The molecule has 0 unspecified atom stereocenters. The Bertz CT molecular complexity index is 188. The molecule has 2 nitrogen and oxygen atoms in total. The van der Waals surface area contributed by atoms with Crippen LogP contribution in [0, 0.1) is 5.41 Å². The van der Waals surface area contributed by atoms with E-state index in [0.29, 0.717) is 5.41 Å². The average molecular weight is 168 g/mol. The Kier molecular flexibility index (Phi) is 1.74. The Balaban J connectivity index is 2.24. The Morgan fingerprint density at radius 2 is 1.83 bits per heavy atom. The fraction of sp³-hybridized carbons (Fsp3) is 1.00. The molecule has 2 atom stereocenters. The Hall–Kier alpha value is -0.0800. The second kappa shape index (κ2) is 2.46. The molecule has 12 heavy (non-hydrogen) atoms. The lowest BCUT2D eigenvalue weighted by molar-refractivity contribution is 0.187. The normalized spacial score (nSPS) is 42.0. The van der Waals surface area contributed by atoms with Crippen molar-refractivity contribution in [3.05, 3.63) is 0 Å². The molecular formula is C10H20N2. The summed E-state index contributed by atoms with van der Waals surface area (Å²) in [6.07, 6.45) is 1.36. The van der Waals surface area contributed by atoms with Crippen molar-refractivity contribution in [2.45, 2.75) is 32.4 Å². The van der Waals surface area contributed by atoms with Gasteiger partial charge in [-0.1, -0.05) is 13.8 Å². The molecule has 0 aromatic carbocycles. The molecule has 2 aliphatic heterocycles. The Labute approximate surface area is 75.5 Å². The highest BCUT2D eigenvalue weighted by molar-refractivity contribution is 5.05. The molecular weight excluding hydrogens is 148 g/mol. The zero-order valence-corrected chi connectivity index (χ0v) is 8.67. The number of likely N-dealkylation sites (tertiary alicyclic amines) is 2. The second-order valence-electron chi connectivity index (χ2n) is 5.19. The maximum atomic E-state index is 2.54. The second-order valence-corrected chi connectivity index (χ2v) is 5.19. The molecule has 0 amide bonds. The Morgan fingerprint density at radius 3 is 2.42 bits per heavy atom. The van der Waals surface area contributed by atoms with Gasteiger partial charge in [0.05, 0.1) is 0 Å². The molecule has 0 saturated carbocycles. The zero-order chi connectivity index (χ0) is 8.93. The van der Waals surface area contributed by atoms with E-state index in [1.807, 2.05) is 0 Å². The summed E-state index contributed by atoms with van der Waals surface area (Å²) in [5, 5.41) is 0. The molecule has 0 bridgehead atoms. The van der Waals surface area contributed by atoms with E-state index in [-0.39, 0.29) is 0 Å². The van der Waals surface area contributed by atoms with E-state index in [2.05, 4.69) is 37.7 Å². The third kappa shape index (κ3) is 1.01. The predicted octanol–water partition coefficient (Wildman–Crippen LogP) is 1.03. The van der Waals surface area contributed by atoms with Crippen LogP contribution in [-0.4, -0.2) is 49.1 Å². The van der Waals surface area contributed by atoms with Crippen LogP contribution in [0.3, 0.4) is 0 Å². The summed E-state index contributed by atoms with van der Waals surface area (Å²) >= 11 is 0. The molecule has 2 aliphatic rings. The fourth-order valence-electron chi connectivity index (χ4n) is 3.36. The maximum Gasteiger partial charge on any atom is 0.0312 e. The van der Waals surface area contributed by atoms with E-state index in [9.17, 15) is 0 Å². The van der Waals surface area contributed by atoms with E-state index in [4.69, 9.17) is 0 Å². The summed E-state index contributed by atoms with van der Waals surface area (Å²) in [5.74, 6) is 0. The summed E-state index contributed by atoms with van der Waals surface area (Å²) in [6, 6.07) is 1.62. The number of likely N-dealkylation sites (N-methyl/N-ethyl adjacent to an activating group) is 2. The van der Waals surface area contributed by atoms with E-state index >= 15 is 0 Å². The minimum absolute atomic E-state index is 0.491. The average Bonchev–Trinajstić information content (AvgIpc) is 2.38. The van der Waals surface area contributed by atoms with Crippen molar-refractivity contribution < 1.29 is 0 Å². The van der Waals surface area contributed by atoms with Crippen molar-refractivity contribution in [2.24, 2.45) is 5.41 Å². The molecule has 0 aromatic heterocycles. The van der Waals surface area contributed by atoms with Crippen LogP contribution in [0.4, 0.5) is 0 Å². The van der Waals surface area contributed by atoms with Gasteiger partial charge in [0, 0.05) is 18.6 Å². The van der Waals surface area contributed by atoms with Gasteiger partial charge < -0.3 is 9.80 Å². The van der Waals surface area contributed by atoms with Gasteiger partial charge in [-0.05, 0) is 32.5 Å². The Morgan fingerprint density at radius 1 is 1.17 bits per heavy atom. The van der Waals surface area contributed by atoms with Gasteiger partial charge in [0.25, 0.3) is 0 Å². The van der Waals surface area contributed by atoms with Crippen LogP contribution in [-0.2, 0) is 0 Å². The van der Waals surface area contributed by atoms with Crippen LogP contribution in [0.15, 0.2) is 0 Å². The van der Waals surface area contributed by atoms with E-state index in [1.54, 1.807) is 0 Å². The first kappa shape index (κ1) is 8.52. The summed E-state index contributed by atoms with van der Waals surface area (Å²) < 4.78 is 0. The largest absolute Gasteiger partial charge is 0.301 e. The highest BCUT2D eigenvalue weighted by Crippen LogP contribution is 2.41. The number of nitrogens with zero attached hydrogens (tertiary/aromatic N) is 2. The van der Waals surface area contributed by atoms with Crippen molar-refractivity contribution in [3.8, 4) is 0 Å². The monoisotopic (exact) mass is 168 g/mol. The van der Waals surface area contributed by atoms with Crippen LogP contribution in [0.25, 0.3) is 0 Å². The molecule has 0 aromatic rings. The molecule has 0 N–H and O–H groups in total. The molecule has 0 radical (unpaired) electrons. The van der Waals surface area contributed by atoms with E-state index < -0.39 is 0 Å². The molecule has 70 valence electrons. The number of fused-ring (bicyclic) bond motifs is 1. The van der Waals surface area contributed by atoms with Gasteiger partial charge in [-0.3, -0.25) is 0 Å². The van der Waals surface area contributed by atoms with Crippen LogP contribution < -0.4 is 0 Å². The predicted molar refractivity (Wildman–Crippen MR) is 51.2 cm³/mol. The van der Waals surface area contributed by atoms with E-state index in [0.717, 1.165) is 12.1 Å². The SMILES string of the molecule is CN1CC(C)(C)[C@@H]2[C@H]1CCN2C. The standard InChI is InChI=1S/C10H20N2/c1-10(2)7-12(4)8-5-6-11(3)9(8)10/h8-9H,5-7H2,1-4H3/t8-,9+/m1/s1. The summed E-state index contributed by atoms with van der Waals surface area (Å²) in [4.78, 5) is 5.07. The molecule has 2 fully saturated rings. The highest BCUT2D eigenvalue weighted by Gasteiger charge is 2.50. The zero-order valence-electron chi connectivity index (χ0n) is 8.67. The van der Waals surface area contributed by atoms with E-state index in [1.165, 1.54) is 19.5 Å². The summed E-state index contributed by atoms with van der Waals surface area (Å²) in [7, 11) is 4.54. The van der Waals surface area contributed by atoms with Crippen LogP contribution in [0.2, 0.25) is 0 Å². The first-order chi connectivity index (χ1) is 5.52. The smallest absolute Gasteiger partial charge is 0.0312 e. The lowest BCUT2D eigenvalue weighted by atomic mass is 9.85. The van der Waals surface area contributed by atoms with Gasteiger partial charge in [-0.2, -0.15) is 0 Å². The topological polar surface area (TPSA) is 6.48 Å². The molecule has 2 heteroatoms. The molecule has 2 rings (SSSR count). The molecule has 2 saturated heterocycles. The molecule has 0 spiro atoms. The van der Waals surface area contributed by atoms with Crippen molar-refractivity contribution in [1.82, 2.24) is 9.80 Å². The third-order valence-electron chi connectivity index (χ3n) is 3.64. The van der Waals surface area contributed by atoms with Crippen molar-refractivity contribution >= 4 is 0 Å². The lowest BCUT2D eigenvalue weighted by Gasteiger charge is -2.30. The van der Waals surface area contributed by atoms with Crippen molar-refractivity contribution in [2.75, 3.05) is 27.2 Å². The van der Waals surface area contributed by atoms with Gasteiger partial charge in [-0.15, -0.1) is 0 Å². The molecule has 2 heterocycles. The van der Waals surface area contributed by atoms with Crippen LogP contribution in [0.5, 0.6) is 0 Å². The van der Waals surface area contributed by atoms with Gasteiger partial charge in [0.2, 0.25) is 0 Å². The highest BCUT2D eigenvalue weighted by atomic mass is 15.3. The van der Waals surface area contributed by atoms with Gasteiger partial charge in [-0.25, -0.2) is 0 Å². The van der Waals surface area contributed by atoms with Crippen LogP contribution in [0.1, 0.15) is 20.3 Å². The number of hydrogen-bond acceptors (Lipinski definition) is 2. The number of hydrogen-bond donors (Lipinski definition) is 0. The summed E-state index contributed by atoms with van der Waals surface area (Å²) in [5.41, 5.74) is 0.491. The summed E-state index contributed by atoms with van der Waals surface area (Å²) in [6.45, 7) is 7.34. The van der Waals surface area contributed by atoms with Crippen LogP contribution >= 0.6 is 0 Å². The fourth-order valence-corrected chi connectivity index (χ4v) is 3.36. The molecule has 0 aliphatic carbocycles.